The number of carbonyl (C=O) groups excluding carboxylic acids is 1. The molecule has 0 saturated carbocycles. The number of nitrogens with one attached hydrogen (secondary N) is 1. The molecule has 1 atom stereocenters. The minimum absolute atomic E-state index is 0.193. The van der Waals surface area contributed by atoms with Crippen LogP contribution >= 0.6 is 0 Å². The van der Waals surface area contributed by atoms with Gasteiger partial charge in [-0.05, 0) is 44.0 Å². The number of aromatic nitrogens is 2. The van der Waals surface area contributed by atoms with E-state index in [0.717, 1.165) is 16.9 Å². The lowest BCUT2D eigenvalue weighted by Gasteiger charge is -2.24. The third-order valence-corrected chi connectivity index (χ3v) is 4.12. The van der Waals surface area contributed by atoms with E-state index in [2.05, 4.69) is 43.6 Å². The molecule has 0 unspecified atom stereocenters. The van der Waals surface area contributed by atoms with Crippen LogP contribution in [0.5, 0.6) is 0 Å². The summed E-state index contributed by atoms with van der Waals surface area (Å²) in [6.45, 7) is 8.42. The average Bonchev–Trinajstić information content (AvgIpc) is 3.18. The molecule has 0 bridgehead atoms. The molecule has 0 fully saturated rings. The summed E-state index contributed by atoms with van der Waals surface area (Å²) in [7, 11) is 0. The summed E-state index contributed by atoms with van der Waals surface area (Å²) in [6.07, 6.45) is 1.50. The number of amides is 1. The topological polar surface area (TPSA) is 60.1 Å². The predicted octanol–water partition coefficient (Wildman–Crippen LogP) is 4.34. The molecule has 5 nitrogen and oxygen atoms in total. The van der Waals surface area contributed by atoms with Crippen LogP contribution in [0.1, 0.15) is 56.2 Å². The molecule has 0 spiro atoms. The number of para-hydroxylation sites is 2. The normalized spacial score (nSPS) is 12.9. The van der Waals surface area contributed by atoms with Crippen molar-refractivity contribution in [2.45, 2.75) is 39.8 Å². The van der Waals surface area contributed by atoms with Crippen molar-refractivity contribution in [3.8, 4) is 0 Å². The zero-order chi connectivity index (χ0) is 17.3. The number of hydrogen-bond donors (Lipinski definition) is 1. The lowest BCUT2D eigenvalue weighted by molar-refractivity contribution is 0.0893. The first kappa shape index (κ1) is 16.3. The monoisotopic (exact) mass is 325 g/mol. The number of imidazole rings is 1. The first-order valence-corrected chi connectivity index (χ1v) is 8.30. The van der Waals surface area contributed by atoms with Crippen molar-refractivity contribution in [1.82, 2.24) is 14.9 Å². The van der Waals surface area contributed by atoms with E-state index in [0.29, 0.717) is 5.76 Å². The maximum Gasteiger partial charge on any atom is 0.287 e. The van der Waals surface area contributed by atoms with Crippen molar-refractivity contribution >= 4 is 16.9 Å². The molecule has 0 saturated heterocycles. The minimum Gasteiger partial charge on any atom is -0.459 e. The van der Waals surface area contributed by atoms with Crippen LogP contribution in [0.4, 0.5) is 0 Å². The van der Waals surface area contributed by atoms with E-state index in [1.54, 1.807) is 12.1 Å². The molecule has 2 heterocycles. The van der Waals surface area contributed by atoms with E-state index in [4.69, 9.17) is 9.40 Å². The lowest BCUT2D eigenvalue weighted by Crippen LogP contribution is -2.33. The Morgan fingerprint density at radius 2 is 1.88 bits per heavy atom. The molecule has 1 amide bonds. The number of fused-ring (bicyclic) bond motifs is 1. The van der Waals surface area contributed by atoms with Gasteiger partial charge in [0.25, 0.3) is 5.91 Å². The van der Waals surface area contributed by atoms with Gasteiger partial charge >= 0.3 is 0 Å². The van der Waals surface area contributed by atoms with E-state index >= 15 is 0 Å². The van der Waals surface area contributed by atoms with Gasteiger partial charge in [-0.15, -0.1) is 0 Å². The number of benzene rings is 1. The van der Waals surface area contributed by atoms with Gasteiger partial charge in [0, 0.05) is 6.04 Å². The first-order chi connectivity index (χ1) is 11.5. The van der Waals surface area contributed by atoms with Gasteiger partial charge in [0.15, 0.2) is 5.76 Å². The number of rotatable bonds is 5. The van der Waals surface area contributed by atoms with Crippen molar-refractivity contribution in [2.24, 2.45) is 5.92 Å². The van der Waals surface area contributed by atoms with E-state index in [1.165, 1.54) is 6.26 Å². The van der Waals surface area contributed by atoms with Crippen LogP contribution in [0, 0.1) is 5.92 Å². The van der Waals surface area contributed by atoms with Crippen LogP contribution in [0.15, 0.2) is 47.1 Å². The number of carbonyl (C=O) groups is 1. The summed E-state index contributed by atoms with van der Waals surface area (Å²) < 4.78 is 7.41. The summed E-state index contributed by atoms with van der Waals surface area (Å²) in [5, 5.41) is 3.08. The Morgan fingerprint density at radius 1 is 1.12 bits per heavy atom. The Hall–Kier alpha value is -2.56. The average molecular weight is 325 g/mol. The van der Waals surface area contributed by atoms with Crippen molar-refractivity contribution in [3.05, 3.63) is 54.2 Å². The highest BCUT2D eigenvalue weighted by atomic mass is 16.3. The standard InChI is InChI=1S/C19H23N3O2/c1-12(2)17(21-19(23)16-10-7-11-24-16)18-20-14-8-5-6-9-15(14)22(18)13(3)4/h5-13,17H,1-4H3,(H,21,23)/t17-/m0/s1. The number of hydrogen-bond acceptors (Lipinski definition) is 3. The molecule has 1 aromatic carbocycles. The van der Waals surface area contributed by atoms with Gasteiger partial charge in [0.2, 0.25) is 0 Å². The first-order valence-electron chi connectivity index (χ1n) is 8.30. The maximum atomic E-state index is 12.4. The summed E-state index contributed by atoms with van der Waals surface area (Å²) in [6, 6.07) is 11.5. The molecule has 126 valence electrons. The quantitative estimate of drug-likeness (QED) is 0.759. The molecule has 0 aliphatic carbocycles. The highest BCUT2D eigenvalue weighted by molar-refractivity contribution is 5.91. The van der Waals surface area contributed by atoms with Gasteiger partial charge < -0.3 is 14.3 Å². The van der Waals surface area contributed by atoms with Crippen LogP contribution in [-0.4, -0.2) is 15.5 Å². The van der Waals surface area contributed by atoms with Crippen molar-refractivity contribution in [1.29, 1.82) is 0 Å². The fourth-order valence-corrected chi connectivity index (χ4v) is 2.97. The second kappa shape index (κ2) is 6.51. The Labute approximate surface area is 141 Å². The van der Waals surface area contributed by atoms with Gasteiger partial charge in [0.1, 0.15) is 5.82 Å². The second-order valence-electron chi connectivity index (χ2n) is 6.59. The van der Waals surface area contributed by atoms with Gasteiger partial charge in [-0.3, -0.25) is 4.79 Å². The van der Waals surface area contributed by atoms with Gasteiger partial charge in [-0.2, -0.15) is 0 Å². The molecule has 3 rings (SSSR count). The van der Waals surface area contributed by atoms with Gasteiger partial charge in [0.05, 0.1) is 23.3 Å². The lowest BCUT2D eigenvalue weighted by atomic mass is 10.0. The van der Waals surface area contributed by atoms with E-state index in [9.17, 15) is 4.79 Å². The largest absolute Gasteiger partial charge is 0.459 e. The molecule has 0 aliphatic rings. The smallest absolute Gasteiger partial charge is 0.287 e. The molecular weight excluding hydrogens is 302 g/mol. The number of nitrogens with zero attached hydrogens (tertiary/aromatic N) is 2. The highest BCUT2D eigenvalue weighted by Gasteiger charge is 2.27. The molecule has 1 N–H and O–H groups in total. The minimum atomic E-state index is -0.221. The summed E-state index contributed by atoms with van der Waals surface area (Å²) in [4.78, 5) is 17.3. The van der Waals surface area contributed by atoms with E-state index < -0.39 is 0 Å². The molecule has 0 aliphatic heterocycles. The zero-order valence-electron chi connectivity index (χ0n) is 14.5. The zero-order valence-corrected chi connectivity index (χ0v) is 14.5. The van der Waals surface area contributed by atoms with Gasteiger partial charge in [-0.25, -0.2) is 4.98 Å². The Balaban J connectivity index is 2.04. The van der Waals surface area contributed by atoms with E-state index in [1.807, 2.05) is 18.2 Å². The fraction of sp³-hybridized carbons (Fsp3) is 0.368. The maximum absolute atomic E-state index is 12.4. The third kappa shape index (κ3) is 2.94. The van der Waals surface area contributed by atoms with Crippen LogP contribution < -0.4 is 5.32 Å². The summed E-state index contributed by atoms with van der Waals surface area (Å²) in [5.74, 6) is 1.16. The van der Waals surface area contributed by atoms with Crippen LogP contribution in [0.25, 0.3) is 11.0 Å². The summed E-state index contributed by atoms with van der Waals surface area (Å²) >= 11 is 0. The van der Waals surface area contributed by atoms with Crippen molar-refractivity contribution < 1.29 is 9.21 Å². The van der Waals surface area contributed by atoms with Crippen molar-refractivity contribution in [2.75, 3.05) is 0 Å². The Morgan fingerprint density at radius 3 is 2.50 bits per heavy atom. The third-order valence-electron chi connectivity index (χ3n) is 4.12. The van der Waals surface area contributed by atoms with Crippen LogP contribution in [-0.2, 0) is 0 Å². The second-order valence-corrected chi connectivity index (χ2v) is 6.59. The molecule has 5 heteroatoms. The Kier molecular flexibility index (Phi) is 4.42. The molecular formula is C19H23N3O2. The molecule has 0 radical (unpaired) electrons. The Bertz CT molecular complexity index is 832. The SMILES string of the molecule is CC(C)[C@H](NC(=O)c1ccco1)c1nc2ccccc2n1C(C)C. The highest BCUT2D eigenvalue weighted by Crippen LogP contribution is 2.29. The van der Waals surface area contributed by atoms with Gasteiger partial charge in [-0.1, -0.05) is 26.0 Å². The van der Waals surface area contributed by atoms with Crippen molar-refractivity contribution in [3.63, 3.8) is 0 Å². The molecule has 2 aromatic heterocycles. The van der Waals surface area contributed by atoms with E-state index in [-0.39, 0.29) is 23.9 Å². The predicted molar refractivity (Wildman–Crippen MR) is 93.9 cm³/mol. The molecule has 3 aromatic rings. The van der Waals surface area contributed by atoms with Crippen LogP contribution in [0.2, 0.25) is 0 Å². The fourth-order valence-electron chi connectivity index (χ4n) is 2.97. The molecule has 24 heavy (non-hydrogen) atoms. The van der Waals surface area contributed by atoms with Crippen LogP contribution in [0.3, 0.4) is 0 Å². The summed E-state index contributed by atoms with van der Waals surface area (Å²) in [5.41, 5.74) is 2.03. The number of furan rings is 1.